The molecule has 0 bridgehead atoms. The Kier molecular flexibility index (Phi) is 2.94. The molecule has 4 nitrogen and oxygen atoms in total. The van der Waals surface area contributed by atoms with Gasteiger partial charge in [0.25, 0.3) is 0 Å². The van der Waals surface area contributed by atoms with Crippen LogP contribution >= 0.6 is 11.3 Å². The van der Waals surface area contributed by atoms with E-state index in [1.165, 1.54) is 12.8 Å². The highest BCUT2D eigenvalue weighted by Crippen LogP contribution is 2.30. The Labute approximate surface area is 120 Å². The number of fused-ring (bicyclic) bond motifs is 1. The van der Waals surface area contributed by atoms with Crippen LogP contribution in [0.1, 0.15) is 17.8 Å². The van der Waals surface area contributed by atoms with Gasteiger partial charge in [-0.25, -0.2) is 0 Å². The molecular formula is C15H14N4S. The highest BCUT2D eigenvalue weighted by Gasteiger charge is 2.20. The SMILES string of the molecule is c1cc(-c2nnc(CNC3CC3)s2)c2cccnc2c1. The maximum absolute atomic E-state index is 4.39. The van der Waals surface area contributed by atoms with E-state index in [2.05, 4.69) is 32.6 Å². The van der Waals surface area contributed by atoms with Crippen LogP contribution in [0.5, 0.6) is 0 Å². The molecule has 0 atom stereocenters. The lowest BCUT2D eigenvalue weighted by Gasteiger charge is -2.01. The van der Waals surface area contributed by atoms with Crippen LogP contribution in [0.15, 0.2) is 36.5 Å². The molecule has 0 saturated heterocycles. The number of benzene rings is 1. The molecule has 1 aliphatic rings. The minimum absolute atomic E-state index is 0.698. The first-order valence-corrected chi connectivity index (χ1v) is 7.62. The van der Waals surface area contributed by atoms with Crippen molar-refractivity contribution in [3.8, 4) is 10.6 Å². The Morgan fingerprint density at radius 3 is 3.00 bits per heavy atom. The Morgan fingerprint density at radius 2 is 2.10 bits per heavy atom. The topological polar surface area (TPSA) is 50.7 Å². The summed E-state index contributed by atoms with van der Waals surface area (Å²) in [4.78, 5) is 4.39. The van der Waals surface area contributed by atoms with E-state index in [1.807, 2.05) is 24.4 Å². The molecule has 20 heavy (non-hydrogen) atoms. The summed E-state index contributed by atoms with van der Waals surface area (Å²) in [5.74, 6) is 0. The summed E-state index contributed by atoms with van der Waals surface area (Å²) in [6, 6.07) is 10.9. The van der Waals surface area contributed by atoms with E-state index in [-0.39, 0.29) is 0 Å². The molecule has 1 fully saturated rings. The average Bonchev–Trinajstić information content (AvgIpc) is 3.21. The first-order valence-electron chi connectivity index (χ1n) is 6.80. The van der Waals surface area contributed by atoms with Gasteiger partial charge in [0, 0.05) is 29.7 Å². The van der Waals surface area contributed by atoms with Crippen molar-refractivity contribution in [2.24, 2.45) is 0 Å². The minimum atomic E-state index is 0.698. The minimum Gasteiger partial charge on any atom is -0.308 e. The first kappa shape index (κ1) is 11.9. The molecule has 0 spiro atoms. The van der Waals surface area contributed by atoms with Crippen molar-refractivity contribution < 1.29 is 0 Å². The van der Waals surface area contributed by atoms with Crippen LogP contribution in [0.2, 0.25) is 0 Å². The number of nitrogens with one attached hydrogen (secondary N) is 1. The third-order valence-electron chi connectivity index (χ3n) is 3.46. The highest BCUT2D eigenvalue weighted by atomic mass is 32.1. The van der Waals surface area contributed by atoms with Crippen LogP contribution in [0.3, 0.4) is 0 Å². The van der Waals surface area contributed by atoms with Gasteiger partial charge < -0.3 is 5.32 Å². The first-order chi connectivity index (χ1) is 9.90. The van der Waals surface area contributed by atoms with Gasteiger partial charge in [0.1, 0.15) is 10.0 Å². The number of hydrogen-bond donors (Lipinski definition) is 1. The number of hydrogen-bond acceptors (Lipinski definition) is 5. The van der Waals surface area contributed by atoms with Crippen molar-refractivity contribution in [3.63, 3.8) is 0 Å². The Balaban J connectivity index is 1.67. The predicted octanol–water partition coefficient (Wildman–Crippen LogP) is 3.01. The zero-order chi connectivity index (χ0) is 13.4. The van der Waals surface area contributed by atoms with Gasteiger partial charge in [-0.3, -0.25) is 4.98 Å². The summed E-state index contributed by atoms with van der Waals surface area (Å²) in [6.45, 7) is 0.825. The quantitative estimate of drug-likeness (QED) is 0.799. The molecule has 1 aliphatic carbocycles. The van der Waals surface area contributed by atoms with Crippen LogP contribution in [0.4, 0.5) is 0 Å². The Hall–Kier alpha value is -1.85. The molecule has 2 heterocycles. The fourth-order valence-electron chi connectivity index (χ4n) is 2.24. The molecule has 1 aromatic carbocycles. The zero-order valence-corrected chi connectivity index (χ0v) is 11.7. The molecule has 0 aliphatic heterocycles. The maximum atomic E-state index is 4.39. The van der Waals surface area contributed by atoms with E-state index in [9.17, 15) is 0 Å². The number of aromatic nitrogens is 3. The van der Waals surface area contributed by atoms with Gasteiger partial charge in [-0.05, 0) is 25.0 Å². The van der Waals surface area contributed by atoms with Crippen molar-refractivity contribution in [1.82, 2.24) is 20.5 Å². The van der Waals surface area contributed by atoms with E-state index < -0.39 is 0 Å². The highest BCUT2D eigenvalue weighted by molar-refractivity contribution is 7.14. The molecule has 1 N–H and O–H groups in total. The van der Waals surface area contributed by atoms with Crippen LogP contribution in [-0.2, 0) is 6.54 Å². The lowest BCUT2D eigenvalue weighted by Crippen LogP contribution is -2.14. The smallest absolute Gasteiger partial charge is 0.148 e. The van der Waals surface area contributed by atoms with Crippen LogP contribution in [0, 0.1) is 0 Å². The summed E-state index contributed by atoms with van der Waals surface area (Å²) in [5, 5.41) is 15.2. The summed E-state index contributed by atoms with van der Waals surface area (Å²) in [5.41, 5.74) is 2.11. The second kappa shape index (κ2) is 4.92. The van der Waals surface area contributed by atoms with Gasteiger partial charge in [0.2, 0.25) is 0 Å². The fourth-order valence-corrected chi connectivity index (χ4v) is 3.07. The summed E-state index contributed by atoms with van der Waals surface area (Å²) >= 11 is 1.66. The zero-order valence-electron chi connectivity index (χ0n) is 10.9. The van der Waals surface area contributed by atoms with E-state index >= 15 is 0 Å². The molecule has 3 aromatic rings. The van der Waals surface area contributed by atoms with Gasteiger partial charge in [-0.15, -0.1) is 10.2 Å². The van der Waals surface area contributed by atoms with Gasteiger partial charge in [0.15, 0.2) is 0 Å². The standard InChI is InChI=1S/C15H14N4S/c1-3-12(11-4-2-8-16-13(11)5-1)15-19-18-14(20-15)9-17-10-6-7-10/h1-5,8,10,17H,6-7,9H2. The van der Waals surface area contributed by atoms with Gasteiger partial charge in [-0.2, -0.15) is 0 Å². The van der Waals surface area contributed by atoms with Crippen LogP contribution in [0.25, 0.3) is 21.5 Å². The second-order valence-electron chi connectivity index (χ2n) is 5.03. The van der Waals surface area contributed by atoms with E-state index in [0.29, 0.717) is 6.04 Å². The van der Waals surface area contributed by atoms with Crippen molar-refractivity contribution in [3.05, 3.63) is 41.5 Å². The van der Waals surface area contributed by atoms with Gasteiger partial charge in [-0.1, -0.05) is 29.5 Å². The Morgan fingerprint density at radius 1 is 1.15 bits per heavy atom. The third kappa shape index (κ3) is 2.30. The summed E-state index contributed by atoms with van der Waals surface area (Å²) in [6.07, 6.45) is 4.40. The molecule has 0 amide bonds. The molecule has 0 unspecified atom stereocenters. The van der Waals surface area contributed by atoms with Crippen LogP contribution < -0.4 is 5.32 Å². The van der Waals surface area contributed by atoms with Crippen molar-refractivity contribution >= 4 is 22.2 Å². The molecule has 1 saturated carbocycles. The van der Waals surface area contributed by atoms with Gasteiger partial charge >= 0.3 is 0 Å². The van der Waals surface area contributed by atoms with Crippen molar-refractivity contribution in [2.75, 3.05) is 0 Å². The second-order valence-corrected chi connectivity index (χ2v) is 6.09. The van der Waals surface area contributed by atoms with Crippen LogP contribution in [-0.4, -0.2) is 21.2 Å². The molecule has 0 radical (unpaired) electrons. The number of rotatable bonds is 4. The molecule has 100 valence electrons. The number of pyridine rings is 1. The van der Waals surface area contributed by atoms with E-state index in [4.69, 9.17) is 0 Å². The van der Waals surface area contributed by atoms with Crippen molar-refractivity contribution in [2.45, 2.75) is 25.4 Å². The predicted molar refractivity (Wildman–Crippen MR) is 80.5 cm³/mol. The summed E-state index contributed by atoms with van der Waals surface area (Å²) in [7, 11) is 0. The Bertz CT molecular complexity index is 743. The van der Waals surface area contributed by atoms with E-state index in [1.54, 1.807) is 11.3 Å². The van der Waals surface area contributed by atoms with Gasteiger partial charge in [0.05, 0.1) is 5.52 Å². The third-order valence-corrected chi connectivity index (χ3v) is 4.42. The monoisotopic (exact) mass is 282 g/mol. The maximum Gasteiger partial charge on any atom is 0.148 e. The lowest BCUT2D eigenvalue weighted by molar-refractivity contribution is 0.679. The van der Waals surface area contributed by atoms with E-state index in [0.717, 1.165) is 33.0 Å². The molecule has 4 rings (SSSR count). The molecule has 5 heteroatoms. The lowest BCUT2D eigenvalue weighted by atomic mass is 10.1. The number of nitrogens with zero attached hydrogens (tertiary/aromatic N) is 3. The molecule has 2 aromatic heterocycles. The molecular weight excluding hydrogens is 268 g/mol. The fraction of sp³-hybridized carbons (Fsp3) is 0.267. The largest absolute Gasteiger partial charge is 0.308 e. The summed E-state index contributed by atoms with van der Waals surface area (Å²) < 4.78 is 0. The average molecular weight is 282 g/mol. The normalized spacial score (nSPS) is 14.8. The van der Waals surface area contributed by atoms with Crippen molar-refractivity contribution in [1.29, 1.82) is 0 Å².